The standard InChI is InChI=1S/C41H42O2/c1-19-20(2)26(8)35-34(25(19)7)36-27(9)21(3)23(5)29(11)38(36)41(39-30(12)24(6)22(4)28(10)37(35)39)16-18-43-40-31-15-17-42-33(31)14-13-32(40)41/h13-18H,1-12H3. The molecular formula is C41H42O2. The van der Waals surface area contributed by atoms with E-state index in [-0.39, 0.29) is 0 Å². The van der Waals surface area contributed by atoms with Gasteiger partial charge in [0.25, 0.3) is 0 Å². The van der Waals surface area contributed by atoms with Crippen LogP contribution in [0.3, 0.4) is 0 Å². The van der Waals surface area contributed by atoms with E-state index in [4.69, 9.17) is 9.15 Å². The number of hydrogen-bond acceptors (Lipinski definition) is 2. The van der Waals surface area contributed by atoms with Crippen LogP contribution < -0.4 is 4.74 Å². The maximum atomic E-state index is 6.46. The van der Waals surface area contributed by atoms with Crippen molar-refractivity contribution >= 4 is 11.0 Å². The zero-order valence-corrected chi connectivity index (χ0v) is 27.8. The molecule has 5 aromatic rings. The Hall–Kier alpha value is -4.04. The van der Waals surface area contributed by atoms with E-state index in [9.17, 15) is 0 Å². The first kappa shape index (κ1) is 27.8. The van der Waals surface area contributed by atoms with Crippen LogP contribution in [0.1, 0.15) is 83.5 Å². The predicted molar refractivity (Wildman–Crippen MR) is 180 cm³/mol. The minimum Gasteiger partial charge on any atom is -0.464 e. The molecule has 0 fully saturated rings. The van der Waals surface area contributed by atoms with E-state index < -0.39 is 5.41 Å². The lowest BCUT2D eigenvalue weighted by Crippen LogP contribution is -2.33. The molecule has 0 N–H and O–H groups in total. The summed E-state index contributed by atoms with van der Waals surface area (Å²) in [6, 6.07) is 6.44. The lowest BCUT2D eigenvalue weighted by Gasteiger charge is -2.41. The zero-order chi connectivity index (χ0) is 30.9. The molecule has 2 heteroatoms. The number of allylic oxidation sites excluding steroid dienone is 1. The first-order valence-electron chi connectivity index (χ1n) is 15.5. The Kier molecular flexibility index (Phi) is 5.80. The highest BCUT2D eigenvalue weighted by atomic mass is 16.5. The number of benzene rings is 4. The van der Waals surface area contributed by atoms with E-state index in [1.54, 1.807) is 6.26 Å². The molecule has 0 amide bonds. The molecule has 1 aromatic heterocycles. The Morgan fingerprint density at radius 2 is 0.907 bits per heavy atom. The molecule has 1 aliphatic carbocycles. The second-order valence-electron chi connectivity index (χ2n) is 13.3. The van der Waals surface area contributed by atoms with Crippen molar-refractivity contribution in [3.8, 4) is 28.0 Å². The van der Waals surface area contributed by atoms with Crippen molar-refractivity contribution in [2.75, 3.05) is 0 Å². The highest BCUT2D eigenvalue weighted by Crippen LogP contribution is 2.61. The van der Waals surface area contributed by atoms with E-state index >= 15 is 0 Å². The fourth-order valence-corrected chi connectivity index (χ4v) is 8.48. The summed E-state index contributed by atoms with van der Waals surface area (Å²) in [5.74, 6) is 0.892. The molecule has 43 heavy (non-hydrogen) atoms. The van der Waals surface area contributed by atoms with Gasteiger partial charge in [-0.2, -0.15) is 0 Å². The lowest BCUT2D eigenvalue weighted by atomic mass is 9.62. The van der Waals surface area contributed by atoms with Gasteiger partial charge >= 0.3 is 0 Å². The minimum atomic E-state index is -0.565. The fourth-order valence-electron chi connectivity index (χ4n) is 8.48. The van der Waals surface area contributed by atoms with Gasteiger partial charge < -0.3 is 9.15 Å². The quantitative estimate of drug-likeness (QED) is 0.186. The highest BCUT2D eigenvalue weighted by Gasteiger charge is 2.48. The number of hydrogen-bond donors (Lipinski definition) is 0. The van der Waals surface area contributed by atoms with Crippen molar-refractivity contribution in [3.05, 3.63) is 120 Å². The van der Waals surface area contributed by atoms with Gasteiger partial charge in [0.1, 0.15) is 11.3 Å². The van der Waals surface area contributed by atoms with Crippen LogP contribution in [0, 0.1) is 83.1 Å². The van der Waals surface area contributed by atoms with Crippen LogP contribution in [0.25, 0.3) is 33.2 Å². The Labute approximate surface area is 256 Å². The van der Waals surface area contributed by atoms with E-state index in [1.807, 2.05) is 12.3 Å². The smallest absolute Gasteiger partial charge is 0.142 e. The molecular weight excluding hydrogens is 524 g/mol. The summed E-state index contributed by atoms with van der Waals surface area (Å²) in [5, 5.41) is 1.02. The van der Waals surface area contributed by atoms with Crippen molar-refractivity contribution in [2.24, 2.45) is 0 Å². The highest BCUT2D eigenvalue weighted by molar-refractivity contribution is 6.01. The molecule has 0 radical (unpaired) electrons. The van der Waals surface area contributed by atoms with Crippen LogP contribution in [0.5, 0.6) is 5.75 Å². The summed E-state index contributed by atoms with van der Waals surface area (Å²) < 4.78 is 12.3. The van der Waals surface area contributed by atoms with Crippen LogP contribution in [0.2, 0.25) is 0 Å². The van der Waals surface area contributed by atoms with Gasteiger partial charge in [-0.3, -0.25) is 0 Å². The topological polar surface area (TPSA) is 22.4 Å². The van der Waals surface area contributed by atoms with Crippen molar-refractivity contribution in [2.45, 2.75) is 88.5 Å². The van der Waals surface area contributed by atoms with Crippen molar-refractivity contribution in [1.29, 1.82) is 0 Å². The molecule has 0 saturated heterocycles. The number of fused-ring (bicyclic) bond motifs is 11. The van der Waals surface area contributed by atoms with Gasteiger partial charge in [-0.25, -0.2) is 0 Å². The third-order valence-electron chi connectivity index (χ3n) is 11.9. The van der Waals surface area contributed by atoms with Crippen LogP contribution in [0.15, 0.2) is 41.2 Å². The average molecular weight is 567 g/mol. The summed E-state index contributed by atoms with van der Waals surface area (Å²) in [4.78, 5) is 0. The van der Waals surface area contributed by atoms with Gasteiger partial charge in [-0.1, -0.05) is 0 Å². The van der Waals surface area contributed by atoms with Crippen molar-refractivity contribution in [1.82, 2.24) is 0 Å². The zero-order valence-electron chi connectivity index (χ0n) is 27.8. The van der Waals surface area contributed by atoms with Gasteiger partial charge in [-0.05, 0) is 208 Å². The maximum absolute atomic E-state index is 6.46. The minimum absolute atomic E-state index is 0.565. The molecule has 2 heterocycles. The first-order chi connectivity index (χ1) is 20.4. The SMILES string of the molecule is Cc1c(C)c(C)c2c(c1C)-c1c(C)c(C)c(C)c(C)c1C1(C=COc3c1ccc1occc31)c1c(C)c(C)c(C)c(C)c1-2. The molecule has 0 bridgehead atoms. The number of ether oxygens (including phenoxy) is 1. The monoisotopic (exact) mass is 566 g/mol. The second kappa shape index (κ2) is 8.99. The average Bonchev–Trinajstić information content (AvgIpc) is 3.45. The van der Waals surface area contributed by atoms with E-state index in [2.05, 4.69) is 101 Å². The van der Waals surface area contributed by atoms with Gasteiger partial charge in [-0.15, -0.1) is 0 Å². The third-order valence-corrected chi connectivity index (χ3v) is 11.9. The normalized spacial score (nSPS) is 14.3. The van der Waals surface area contributed by atoms with Gasteiger partial charge in [0, 0.05) is 5.56 Å². The molecule has 4 aromatic carbocycles. The molecule has 2 nitrogen and oxygen atoms in total. The summed E-state index contributed by atoms with van der Waals surface area (Å²) in [7, 11) is 0. The van der Waals surface area contributed by atoms with E-state index in [0.29, 0.717) is 0 Å². The molecule has 218 valence electrons. The van der Waals surface area contributed by atoms with Crippen molar-refractivity contribution in [3.63, 3.8) is 0 Å². The van der Waals surface area contributed by atoms with E-state index in [1.165, 1.54) is 106 Å². The van der Waals surface area contributed by atoms with Gasteiger partial charge in [0.15, 0.2) is 0 Å². The molecule has 7 rings (SSSR count). The molecule has 1 aliphatic heterocycles. The Morgan fingerprint density at radius 3 is 1.40 bits per heavy atom. The fraction of sp³-hybridized carbons (Fsp3) is 0.317. The van der Waals surface area contributed by atoms with Gasteiger partial charge in [0.2, 0.25) is 0 Å². The first-order valence-corrected chi connectivity index (χ1v) is 15.5. The number of rotatable bonds is 0. The Morgan fingerprint density at radius 1 is 0.465 bits per heavy atom. The summed E-state index contributed by atoms with van der Waals surface area (Å²) in [6.07, 6.45) is 6.08. The lowest BCUT2D eigenvalue weighted by molar-refractivity contribution is 0.449. The maximum Gasteiger partial charge on any atom is 0.142 e. The van der Waals surface area contributed by atoms with Crippen LogP contribution in [-0.2, 0) is 5.41 Å². The molecule has 0 unspecified atom stereocenters. The Balaban J connectivity index is 1.89. The molecule has 2 aliphatic rings. The van der Waals surface area contributed by atoms with E-state index in [0.717, 1.165) is 16.7 Å². The third kappa shape index (κ3) is 3.19. The largest absolute Gasteiger partial charge is 0.464 e. The number of furan rings is 1. The summed E-state index contributed by atoms with van der Waals surface area (Å²) in [6.45, 7) is 27.9. The molecule has 0 saturated carbocycles. The molecule has 1 spiro atoms. The summed E-state index contributed by atoms with van der Waals surface area (Å²) in [5.41, 5.74) is 26.2. The van der Waals surface area contributed by atoms with Crippen LogP contribution in [0.4, 0.5) is 0 Å². The van der Waals surface area contributed by atoms with Gasteiger partial charge in [0.05, 0.1) is 23.3 Å². The summed E-state index contributed by atoms with van der Waals surface area (Å²) >= 11 is 0. The van der Waals surface area contributed by atoms with Crippen molar-refractivity contribution < 1.29 is 9.15 Å². The van der Waals surface area contributed by atoms with Crippen LogP contribution >= 0.6 is 0 Å². The Bertz CT molecular complexity index is 2010. The predicted octanol–water partition coefficient (Wildman–Crippen LogP) is 11.0. The van der Waals surface area contributed by atoms with Crippen LogP contribution in [-0.4, -0.2) is 0 Å². The molecule has 0 atom stereocenters. The second-order valence-corrected chi connectivity index (χ2v) is 13.3.